The van der Waals surface area contributed by atoms with E-state index in [1.54, 1.807) is 89.6 Å². The van der Waals surface area contributed by atoms with Crippen LogP contribution >= 0.6 is 7.26 Å². The van der Waals surface area contributed by atoms with Gasteiger partial charge in [0, 0.05) is 7.26 Å². The van der Waals surface area contributed by atoms with Crippen LogP contribution < -0.4 is 0 Å². The summed E-state index contributed by atoms with van der Waals surface area (Å²) in [5.74, 6) is 0. The van der Waals surface area contributed by atoms with Crippen molar-refractivity contribution in [3.63, 3.8) is 0 Å². The zero-order valence-electron chi connectivity index (χ0n) is 13.8. The third-order valence-electron chi connectivity index (χ3n) is 6.91. The van der Waals surface area contributed by atoms with E-state index in [2.05, 4.69) is 6.92 Å². The second-order valence-corrected chi connectivity index (χ2v) is 12.5. The van der Waals surface area contributed by atoms with Crippen molar-refractivity contribution in [3.05, 3.63) is 0 Å². The molecule has 0 spiro atoms. The number of unbranched alkanes of at least 4 members (excludes halogenated alkanes) is 1. The molecular weight excluding hydrogens is 259 g/mol. The molecule has 0 bridgehead atoms. The summed E-state index contributed by atoms with van der Waals surface area (Å²) in [4.78, 5) is 0. The molecule has 1 heteroatoms. The van der Waals surface area contributed by atoms with E-state index in [4.69, 9.17) is 0 Å². The highest BCUT2D eigenvalue weighted by Gasteiger charge is 2.57. The van der Waals surface area contributed by atoms with Gasteiger partial charge in [0.1, 0.15) is 0 Å². The summed E-state index contributed by atoms with van der Waals surface area (Å²) in [5, 5.41) is 0. The van der Waals surface area contributed by atoms with Gasteiger partial charge in [0.25, 0.3) is 0 Å². The van der Waals surface area contributed by atoms with E-state index in [0.29, 0.717) is 0 Å². The Balaban J connectivity index is 1.87. The van der Waals surface area contributed by atoms with Crippen molar-refractivity contribution in [2.45, 2.75) is 114 Å². The lowest BCUT2D eigenvalue weighted by Crippen LogP contribution is -2.31. The molecule has 0 nitrogen and oxygen atoms in total. The summed E-state index contributed by atoms with van der Waals surface area (Å²) < 4.78 is 0. The molecule has 3 fully saturated rings. The molecule has 0 aromatic carbocycles. The molecule has 0 unspecified atom stereocenters. The Labute approximate surface area is 127 Å². The first kappa shape index (κ1) is 15.3. The van der Waals surface area contributed by atoms with Crippen LogP contribution in [0.3, 0.4) is 0 Å². The number of hydrogen-bond donors (Lipinski definition) is 0. The monoisotopic (exact) mass is 295 g/mol. The van der Waals surface area contributed by atoms with Crippen molar-refractivity contribution in [1.82, 2.24) is 0 Å². The molecule has 0 aromatic heterocycles. The van der Waals surface area contributed by atoms with Gasteiger partial charge in [-0.2, -0.15) is 0 Å². The molecule has 0 atom stereocenters. The first-order valence-corrected chi connectivity index (χ1v) is 11.9. The predicted molar refractivity (Wildman–Crippen MR) is 93.5 cm³/mol. The lowest BCUT2D eigenvalue weighted by molar-refractivity contribution is 0.732. The van der Waals surface area contributed by atoms with Crippen molar-refractivity contribution in [3.8, 4) is 0 Å². The van der Waals surface area contributed by atoms with Crippen LogP contribution in [0.5, 0.6) is 0 Å². The molecule has 0 saturated heterocycles. The van der Waals surface area contributed by atoms with E-state index in [-0.39, 0.29) is 0 Å². The van der Waals surface area contributed by atoms with Crippen molar-refractivity contribution >= 4 is 7.26 Å². The molecule has 0 aliphatic heterocycles. The highest BCUT2D eigenvalue weighted by atomic mass is 31.2. The fourth-order valence-electron chi connectivity index (χ4n) is 6.03. The molecule has 0 radical (unpaired) electrons. The van der Waals surface area contributed by atoms with Crippen LogP contribution in [0.15, 0.2) is 0 Å². The van der Waals surface area contributed by atoms with E-state index in [0.717, 1.165) is 0 Å². The minimum absolute atomic E-state index is 0.656. The van der Waals surface area contributed by atoms with Gasteiger partial charge in [-0.25, -0.2) is 0 Å². The Hall–Kier alpha value is 0.430. The lowest BCUT2D eigenvalue weighted by Gasteiger charge is -2.42. The molecule has 3 aliphatic carbocycles. The topological polar surface area (TPSA) is 0 Å². The molecule has 0 aromatic rings. The highest BCUT2D eigenvalue weighted by molar-refractivity contribution is 7.77. The van der Waals surface area contributed by atoms with Gasteiger partial charge < -0.3 is 0 Å². The molecule has 0 N–H and O–H groups in total. The van der Waals surface area contributed by atoms with E-state index in [1.165, 1.54) is 23.4 Å². The van der Waals surface area contributed by atoms with E-state index >= 15 is 0 Å². The maximum atomic E-state index is 2.42. The average molecular weight is 295 g/mol. The highest BCUT2D eigenvalue weighted by Crippen LogP contribution is 2.78. The zero-order valence-corrected chi connectivity index (χ0v) is 14.7. The maximum absolute atomic E-state index is 2.42. The minimum Gasteiger partial charge on any atom is -0.0652 e. The van der Waals surface area contributed by atoms with Crippen LogP contribution in [-0.4, -0.2) is 23.1 Å². The normalized spacial score (nSPS) is 26.9. The lowest BCUT2D eigenvalue weighted by atomic mass is 10.3. The largest absolute Gasteiger partial charge is 0.0703 e. The molecule has 3 aliphatic rings. The fraction of sp³-hybridized carbons (Fsp3) is 1.00. The van der Waals surface area contributed by atoms with E-state index in [9.17, 15) is 0 Å². The Morgan fingerprint density at radius 2 is 1.00 bits per heavy atom. The molecule has 0 amide bonds. The molecule has 0 heterocycles. The summed E-state index contributed by atoms with van der Waals surface area (Å²) in [6.07, 6.45) is 23.9. The van der Waals surface area contributed by atoms with Crippen LogP contribution in [0.2, 0.25) is 0 Å². The van der Waals surface area contributed by atoms with E-state index in [1.807, 2.05) is 0 Å². The molecule has 20 heavy (non-hydrogen) atoms. The van der Waals surface area contributed by atoms with Gasteiger partial charge in [0.05, 0.1) is 23.1 Å². The SMILES string of the molecule is CCCC[P+](C1CCCC1)(C1CCCC1)C1CCCC1. The van der Waals surface area contributed by atoms with Crippen LogP contribution in [-0.2, 0) is 0 Å². The van der Waals surface area contributed by atoms with Gasteiger partial charge in [0.2, 0.25) is 0 Å². The first-order valence-electron chi connectivity index (χ1n) is 9.75. The molecule has 116 valence electrons. The van der Waals surface area contributed by atoms with Crippen molar-refractivity contribution < 1.29 is 0 Å². The molecular formula is C19H36P+. The van der Waals surface area contributed by atoms with Gasteiger partial charge in [-0.15, -0.1) is 0 Å². The number of rotatable bonds is 6. The Bertz CT molecular complexity index is 239. The second-order valence-electron chi connectivity index (χ2n) is 7.89. The molecule has 3 saturated carbocycles. The van der Waals surface area contributed by atoms with Gasteiger partial charge in [0.15, 0.2) is 0 Å². The zero-order chi connectivity index (χ0) is 13.8. The van der Waals surface area contributed by atoms with Crippen molar-refractivity contribution in [1.29, 1.82) is 0 Å². The fourth-order valence-corrected chi connectivity index (χ4v) is 13.8. The average Bonchev–Trinajstić information content (AvgIpc) is 3.23. The van der Waals surface area contributed by atoms with Crippen LogP contribution in [0.4, 0.5) is 0 Å². The van der Waals surface area contributed by atoms with Gasteiger partial charge in [-0.05, 0) is 83.5 Å². The predicted octanol–water partition coefficient (Wildman–Crippen LogP) is 6.63. The van der Waals surface area contributed by atoms with Crippen LogP contribution in [0, 0.1) is 0 Å². The molecule has 3 rings (SSSR count). The Morgan fingerprint density at radius 1 is 0.650 bits per heavy atom. The Kier molecular flexibility index (Phi) is 5.46. The van der Waals surface area contributed by atoms with Crippen molar-refractivity contribution in [2.75, 3.05) is 6.16 Å². The summed E-state index contributed by atoms with van der Waals surface area (Å²) in [6, 6.07) is 0. The van der Waals surface area contributed by atoms with Crippen LogP contribution in [0.1, 0.15) is 96.8 Å². The first-order chi connectivity index (χ1) is 9.88. The van der Waals surface area contributed by atoms with E-state index < -0.39 is 7.26 Å². The third-order valence-corrected chi connectivity index (χ3v) is 13.6. The summed E-state index contributed by atoms with van der Waals surface area (Å²) in [7, 11) is -0.656. The quantitative estimate of drug-likeness (QED) is 0.482. The second kappa shape index (κ2) is 7.13. The van der Waals surface area contributed by atoms with Crippen molar-refractivity contribution in [2.24, 2.45) is 0 Å². The van der Waals surface area contributed by atoms with Gasteiger partial charge in [-0.3, -0.25) is 0 Å². The Morgan fingerprint density at radius 3 is 1.30 bits per heavy atom. The minimum atomic E-state index is -0.656. The third kappa shape index (κ3) is 2.84. The smallest absolute Gasteiger partial charge is 0.0652 e. The van der Waals surface area contributed by atoms with Gasteiger partial charge >= 0.3 is 0 Å². The maximum Gasteiger partial charge on any atom is 0.0703 e. The summed E-state index contributed by atoms with van der Waals surface area (Å²) >= 11 is 0. The summed E-state index contributed by atoms with van der Waals surface area (Å²) in [6.45, 7) is 2.42. The number of hydrogen-bond acceptors (Lipinski definition) is 0. The van der Waals surface area contributed by atoms with Gasteiger partial charge in [-0.1, -0.05) is 13.3 Å². The van der Waals surface area contributed by atoms with Crippen LogP contribution in [0.25, 0.3) is 0 Å². The summed E-state index contributed by atoms with van der Waals surface area (Å²) in [5.41, 5.74) is 3.67. The standard InChI is InChI=1S/C19H36P/c1-2-3-16-20(17-10-4-5-11-17,18-12-6-7-13-18)19-14-8-9-15-19/h17-19H,2-16H2,1H3/q+1.